The van der Waals surface area contributed by atoms with Gasteiger partial charge in [0.15, 0.2) is 11.4 Å². The van der Waals surface area contributed by atoms with Gasteiger partial charge in [0.05, 0.1) is 24.4 Å². The average molecular weight is 475 g/mol. The number of ether oxygens (including phenoxy) is 2. The van der Waals surface area contributed by atoms with Gasteiger partial charge in [-0.25, -0.2) is 8.42 Å². The van der Waals surface area contributed by atoms with Crippen LogP contribution < -0.4 is 9.46 Å². The molecule has 1 aromatic carbocycles. The van der Waals surface area contributed by atoms with E-state index in [1.807, 2.05) is 12.1 Å². The smallest absolute Gasteiger partial charge is 0.236 e. The predicted molar refractivity (Wildman–Crippen MR) is 126 cm³/mol. The molecule has 5 aliphatic carbocycles. The first kappa shape index (κ1) is 21.7. The van der Waals surface area contributed by atoms with E-state index in [4.69, 9.17) is 14.0 Å². The standard InChI is InChI=1S/C25H34N2O5S/c1-30-6-7-33(28,29)27-24-21-10-20(19-4-5-19)22(11-23(21)32-26-24)31-15-25-12-16-2-3-17(13-25)9-18(8-16)14-25/h10-11,16-19H,2-9,12-15H2,1H3,(H,26,27). The lowest BCUT2D eigenvalue weighted by Crippen LogP contribution is -2.41. The Kier molecular flexibility index (Phi) is 5.36. The van der Waals surface area contributed by atoms with Gasteiger partial charge in [-0.2, -0.15) is 0 Å². The number of anilines is 1. The number of sulfonamides is 1. The molecule has 0 spiro atoms. The van der Waals surface area contributed by atoms with Gasteiger partial charge in [0.2, 0.25) is 10.0 Å². The van der Waals surface area contributed by atoms with Gasteiger partial charge in [-0.15, -0.1) is 0 Å². The molecule has 4 bridgehead atoms. The Morgan fingerprint density at radius 1 is 1.09 bits per heavy atom. The quantitative estimate of drug-likeness (QED) is 0.545. The molecular weight excluding hydrogens is 440 g/mol. The molecule has 33 heavy (non-hydrogen) atoms. The summed E-state index contributed by atoms with van der Waals surface area (Å²) in [6.45, 7) is 0.910. The van der Waals surface area contributed by atoms with Crippen molar-refractivity contribution in [3.63, 3.8) is 0 Å². The first-order valence-corrected chi connectivity index (χ1v) is 14.1. The molecule has 7 nitrogen and oxygen atoms in total. The maximum absolute atomic E-state index is 12.3. The summed E-state index contributed by atoms with van der Waals surface area (Å²) in [5, 5.41) is 4.71. The van der Waals surface area contributed by atoms with Crippen LogP contribution in [0.4, 0.5) is 5.82 Å². The second-order valence-corrected chi connectivity index (χ2v) is 13.0. The summed E-state index contributed by atoms with van der Waals surface area (Å²) in [4.78, 5) is 0. The van der Waals surface area contributed by atoms with Crippen LogP contribution in [0.15, 0.2) is 16.7 Å². The van der Waals surface area contributed by atoms with Gasteiger partial charge in [0.25, 0.3) is 0 Å². The zero-order valence-corrected chi connectivity index (χ0v) is 20.2. The third-order valence-electron chi connectivity index (χ3n) is 8.44. The van der Waals surface area contributed by atoms with Crippen molar-refractivity contribution in [3.05, 3.63) is 17.7 Å². The minimum atomic E-state index is -3.55. The Morgan fingerprint density at radius 3 is 2.52 bits per heavy atom. The monoisotopic (exact) mass is 474 g/mol. The maximum Gasteiger partial charge on any atom is 0.236 e. The third kappa shape index (κ3) is 4.36. The fraction of sp³-hybridized carbons (Fsp3) is 0.720. The highest BCUT2D eigenvalue weighted by atomic mass is 32.2. The minimum absolute atomic E-state index is 0.125. The zero-order chi connectivity index (χ0) is 22.6. The Morgan fingerprint density at radius 2 is 1.82 bits per heavy atom. The van der Waals surface area contributed by atoms with Crippen molar-refractivity contribution in [1.82, 2.24) is 5.16 Å². The summed E-state index contributed by atoms with van der Waals surface area (Å²) < 4.78 is 44.3. The summed E-state index contributed by atoms with van der Waals surface area (Å²) >= 11 is 0. The molecule has 5 aliphatic rings. The van der Waals surface area contributed by atoms with Crippen LogP contribution in [0, 0.1) is 23.2 Å². The first-order valence-electron chi connectivity index (χ1n) is 12.5. The van der Waals surface area contributed by atoms with Crippen molar-refractivity contribution < 1.29 is 22.4 Å². The van der Waals surface area contributed by atoms with Crippen LogP contribution in [0.1, 0.15) is 69.3 Å². The third-order valence-corrected chi connectivity index (χ3v) is 9.65. The summed E-state index contributed by atoms with van der Waals surface area (Å²) in [7, 11) is -2.07. The number of benzene rings is 1. The lowest BCUT2D eigenvalue weighted by Gasteiger charge is -2.48. The number of fused-ring (bicyclic) bond motifs is 2. The van der Waals surface area contributed by atoms with E-state index in [1.165, 1.54) is 52.1 Å². The fourth-order valence-corrected chi connectivity index (χ4v) is 7.99. The molecule has 2 unspecified atom stereocenters. The molecule has 0 aliphatic heterocycles. The Labute approximate surface area is 195 Å². The average Bonchev–Trinajstić information content (AvgIpc) is 3.58. The summed E-state index contributed by atoms with van der Waals surface area (Å²) in [6, 6.07) is 3.95. The van der Waals surface area contributed by atoms with Crippen LogP contribution in [-0.2, 0) is 14.8 Å². The molecule has 1 heterocycles. The van der Waals surface area contributed by atoms with Crippen LogP contribution in [0.2, 0.25) is 0 Å². The normalized spacial score (nSPS) is 31.1. The van der Waals surface area contributed by atoms with E-state index in [9.17, 15) is 8.42 Å². The van der Waals surface area contributed by atoms with Crippen LogP contribution in [0.5, 0.6) is 5.75 Å². The number of methoxy groups -OCH3 is 1. The van der Waals surface area contributed by atoms with Gasteiger partial charge >= 0.3 is 0 Å². The molecular formula is C25H34N2O5S. The van der Waals surface area contributed by atoms with Gasteiger partial charge in [0.1, 0.15) is 5.75 Å². The lowest BCUT2D eigenvalue weighted by molar-refractivity contribution is -0.00384. The predicted octanol–water partition coefficient (Wildman–Crippen LogP) is 5.08. The molecule has 8 heteroatoms. The van der Waals surface area contributed by atoms with Crippen molar-refractivity contribution in [2.24, 2.45) is 23.2 Å². The van der Waals surface area contributed by atoms with E-state index in [1.54, 1.807) is 0 Å². The second kappa shape index (κ2) is 8.15. The Balaban J connectivity index is 1.25. The number of nitrogens with one attached hydrogen (secondary N) is 1. The number of aromatic nitrogens is 1. The fourth-order valence-electron chi connectivity index (χ4n) is 7.06. The molecule has 5 fully saturated rings. The second-order valence-electron chi connectivity index (χ2n) is 11.2. The highest BCUT2D eigenvalue weighted by Crippen LogP contribution is 2.58. The van der Waals surface area contributed by atoms with E-state index in [0.717, 1.165) is 48.5 Å². The summed E-state index contributed by atoms with van der Waals surface area (Å²) in [6.07, 6.45) is 11.9. The number of hydrogen-bond donors (Lipinski definition) is 1. The zero-order valence-electron chi connectivity index (χ0n) is 19.3. The molecule has 1 aromatic heterocycles. The molecule has 5 saturated carbocycles. The number of rotatable bonds is 9. The van der Waals surface area contributed by atoms with E-state index < -0.39 is 10.0 Å². The lowest BCUT2D eigenvalue weighted by atomic mass is 9.59. The largest absolute Gasteiger partial charge is 0.493 e. The highest BCUT2D eigenvalue weighted by molar-refractivity contribution is 7.92. The van der Waals surface area contributed by atoms with Crippen LogP contribution in [-0.4, -0.2) is 39.7 Å². The number of nitrogens with zero attached hydrogens (tertiary/aromatic N) is 1. The first-order chi connectivity index (χ1) is 15.9. The van der Waals surface area contributed by atoms with Crippen LogP contribution in [0.25, 0.3) is 11.0 Å². The number of hydrogen-bond acceptors (Lipinski definition) is 6. The van der Waals surface area contributed by atoms with Crippen LogP contribution in [0.3, 0.4) is 0 Å². The molecule has 2 aromatic rings. The Bertz CT molecular complexity index is 1120. The molecule has 2 atom stereocenters. The van der Waals surface area contributed by atoms with Gasteiger partial charge < -0.3 is 14.0 Å². The van der Waals surface area contributed by atoms with Gasteiger partial charge in [-0.3, -0.25) is 4.72 Å². The minimum Gasteiger partial charge on any atom is -0.493 e. The van der Waals surface area contributed by atoms with E-state index in [2.05, 4.69) is 9.88 Å². The van der Waals surface area contributed by atoms with E-state index >= 15 is 0 Å². The van der Waals surface area contributed by atoms with Gasteiger partial charge in [-0.1, -0.05) is 18.0 Å². The summed E-state index contributed by atoms with van der Waals surface area (Å²) in [5.41, 5.74) is 2.04. The van der Waals surface area contributed by atoms with Crippen molar-refractivity contribution >= 4 is 26.8 Å². The molecule has 1 N–H and O–H groups in total. The summed E-state index contributed by atoms with van der Waals surface area (Å²) in [5.74, 6) is 4.13. The van der Waals surface area contributed by atoms with Gasteiger partial charge in [-0.05, 0) is 80.2 Å². The highest BCUT2D eigenvalue weighted by Gasteiger charge is 2.49. The molecule has 0 saturated heterocycles. The van der Waals surface area contributed by atoms with Crippen molar-refractivity contribution in [2.45, 2.75) is 63.7 Å². The molecule has 0 radical (unpaired) electrons. The van der Waals surface area contributed by atoms with E-state index in [-0.39, 0.29) is 18.2 Å². The van der Waals surface area contributed by atoms with Gasteiger partial charge in [0, 0.05) is 18.6 Å². The van der Waals surface area contributed by atoms with Crippen molar-refractivity contribution in [1.29, 1.82) is 0 Å². The maximum atomic E-state index is 12.3. The molecule has 0 amide bonds. The van der Waals surface area contributed by atoms with Crippen molar-refractivity contribution in [2.75, 3.05) is 30.8 Å². The topological polar surface area (TPSA) is 90.7 Å². The molecule has 180 valence electrons. The Hall–Kier alpha value is -1.80. The van der Waals surface area contributed by atoms with Crippen molar-refractivity contribution in [3.8, 4) is 5.75 Å². The SMILES string of the molecule is COCCS(=O)(=O)Nc1noc2cc(OCC34CC5CCC(CC(C5)C3)C4)c(C3CC3)cc12. The molecule has 7 rings (SSSR count). The van der Waals surface area contributed by atoms with E-state index in [0.29, 0.717) is 22.3 Å². The van der Waals surface area contributed by atoms with Crippen LogP contribution >= 0.6 is 0 Å².